The van der Waals surface area contributed by atoms with Crippen molar-refractivity contribution in [1.29, 1.82) is 0 Å². The second-order valence-corrected chi connectivity index (χ2v) is 5.97. The van der Waals surface area contributed by atoms with Crippen molar-refractivity contribution in [2.24, 2.45) is 11.7 Å². The lowest BCUT2D eigenvalue weighted by Crippen LogP contribution is -2.31. The Labute approximate surface area is 125 Å². The summed E-state index contributed by atoms with van der Waals surface area (Å²) in [6.07, 6.45) is 3.86. The molecule has 0 bridgehead atoms. The fourth-order valence-electron chi connectivity index (χ4n) is 3.27. The van der Waals surface area contributed by atoms with E-state index in [0.717, 1.165) is 24.8 Å². The summed E-state index contributed by atoms with van der Waals surface area (Å²) in [6.45, 7) is 0.585. The molecule has 1 saturated carbocycles. The van der Waals surface area contributed by atoms with Crippen molar-refractivity contribution >= 4 is 16.7 Å². The van der Waals surface area contributed by atoms with E-state index in [2.05, 4.69) is 29.6 Å². The summed E-state index contributed by atoms with van der Waals surface area (Å²) in [5, 5.41) is 5.46. The highest BCUT2D eigenvalue weighted by Gasteiger charge is 2.25. The molecule has 110 valence electrons. The van der Waals surface area contributed by atoms with Crippen LogP contribution in [-0.4, -0.2) is 11.9 Å². The van der Waals surface area contributed by atoms with Gasteiger partial charge in [-0.3, -0.25) is 4.79 Å². The van der Waals surface area contributed by atoms with Gasteiger partial charge in [-0.25, -0.2) is 0 Å². The first-order chi connectivity index (χ1) is 10.2. The maximum Gasteiger partial charge on any atom is 0.220 e. The summed E-state index contributed by atoms with van der Waals surface area (Å²) in [5.74, 6) is 0.475. The first-order valence-electron chi connectivity index (χ1n) is 7.73. The topological polar surface area (TPSA) is 55.1 Å². The van der Waals surface area contributed by atoms with E-state index in [9.17, 15) is 4.79 Å². The summed E-state index contributed by atoms with van der Waals surface area (Å²) < 4.78 is 0. The van der Waals surface area contributed by atoms with Gasteiger partial charge in [0.15, 0.2) is 0 Å². The predicted octanol–water partition coefficient (Wildman–Crippen LogP) is 2.97. The standard InChI is InChI=1S/C18H22N2O/c19-17-10-4-7-14(17)11-18(21)20-12-15-8-3-6-13-5-1-2-9-16(13)15/h1-3,5-6,8-9,14,17H,4,7,10-12,19H2,(H,20,21)/t14-,17+/m0/s1. The minimum atomic E-state index is 0.116. The summed E-state index contributed by atoms with van der Waals surface area (Å²) in [6, 6.07) is 14.7. The van der Waals surface area contributed by atoms with Gasteiger partial charge < -0.3 is 11.1 Å². The molecule has 3 N–H and O–H groups in total. The van der Waals surface area contributed by atoms with E-state index in [-0.39, 0.29) is 11.9 Å². The molecule has 0 radical (unpaired) electrons. The molecule has 3 nitrogen and oxygen atoms in total. The van der Waals surface area contributed by atoms with Crippen LogP contribution < -0.4 is 11.1 Å². The lowest BCUT2D eigenvalue weighted by atomic mass is 9.99. The van der Waals surface area contributed by atoms with Crippen molar-refractivity contribution in [2.75, 3.05) is 0 Å². The highest BCUT2D eigenvalue weighted by atomic mass is 16.1. The lowest BCUT2D eigenvalue weighted by Gasteiger charge is -2.15. The minimum Gasteiger partial charge on any atom is -0.352 e. The van der Waals surface area contributed by atoms with Gasteiger partial charge in [-0.15, -0.1) is 0 Å². The van der Waals surface area contributed by atoms with Crippen molar-refractivity contribution in [1.82, 2.24) is 5.32 Å². The Balaban J connectivity index is 1.62. The fraction of sp³-hybridized carbons (Fsp3) is 0.389. The first kappa shape index (κ1) is 14.1. The van der Waals surface area contributed by atoms with Crippen LogP contribution in [-0.2, 0) is 11.3 Å². The monoisotopic (exact) mass is 282 g/mol. The maximum absolute atomic E-state index is 12.1. The molecule has 1 amide bonds. The van der Waals surface area contributed by atoms with Crippen molar-refractivity contribution in [3.8, 4) is 0 Å². The first-order valence-corrected chi connectivity index (χ1v) is 7.73. The quantitative estimate of drug-likeness (QED) is 0.905. The molecular formula is C18H22N2O. The maximum atomic E-state index is 12.1. The number of rotatable bonds is 4. The SMILES string of the molecule is N[C@@H]1CCC[C@H]1CC(=O)NCc1cccc2ccccc12. The molecule has 1 fully saturated rings. The van der Waals surface area contributed by atoms with Crippen LogP contribution in [0, 0.1) is 5.92 Å². The van der Waals surface area contributed by atoms with E-state index in [1.54, 1.807) is 0 Å². The molecule has 0 saturated heterocycles. The normalized spacial score (nSPS) is 21.6. The molecule has 1 aliphatic carbocycles. The van der Waals surface area contributed by atoms with Gasteiger partial charge in [0.1, 0.15) is 0 Å². The third-order valence-corrected chi connectivity index (χ3v) is 4.52. The van der Waals surface area contributed by atoms with Gasteiger partial charge in [0.2, 0.25) is 5.91 Å². The van der Waals surface area contributed by atoms with Gasteiger partial charge >= 0.3 is 0 Å². The zero-order valence-corrected chi connectivity index (χ0v) is 12.2. The summed E-state index contributed by atoms with van der Waals surface area (Å²) in [4.78, 5) is 12.1. The smallest absolute Gasteiger partial charge is 0.220 e. The zero-order valence-electron chi connectivity index (χ0n) is 12.2. The average Bonchev–Trinajstić information content (AvgIpc) is 2.90. The number of carbonyl (C=O) groups excluding carboxylic acids is 1. The Kier molecular flexibility index (Phi) is 4.20. The van der Waals surface area contributed by atoms with Gasteiger partial charge in [0, 0.05) is 19.0 Å². The second kappa shape index (κ2) is 6.27. The van der Waals surface area contributed by atoms with E-state index in [4.69, 9.17) is 5.73 Å². The van der Waals surface area contributed by atoms with Crippen LogP contribution in [0.1, 0.15) is 31.2 Å². The lowest BCUT2D eigenvalue weighted by molar-refractivity contribution is -0.122. The molecule has 0 unspecified atom stereocenters. The molecule has 0 aromatic heterocycles. The number of nitrogens with one attached hydrogen (secondary N) is 1. The minimum absolute atomic E-state index is 0.116. The number of hydrogen-bond acceptors (Lipinski definition) is 2. The number of nitrogens with two attached hydrogens (primary N) is 1. The molecule has 2 aromatic carbocycles. The average molecular weight is 282 g/mol. The number of amides is 1. The number of hydrogen-bond donors (Lipinski definition) is 2. The van der Waals surface area contributed by atoms with Crippen LogP contribution in [0.4, 0.5) is 0 Å². The summed E-state index contributed by atoms with van der Waals surface area (Å²) in [7, 11) is 0. The summed E-state index contributed by atoms with van der Waals surface area (Å²) in [5.41, 5.74) is 7.19. The molecule has 2 aromatic rings. The van der Waals surface area contributed by atoms with Crippen molar-refractivity contribution in [2.45, 2.75) is 38.3 Å². The Bertz CT molecular complexity index is 633. The van der Waals surface area contributed by atoms with Crippen LogP contribution in [0.5, 0.6) is 0 Å². The Morgan fingerprint density at radius 2 is 1.95 bits per heavy atom. The molecule has 0 heterocycles. The molecule has 0 spiro atoms. The molecule has 2 atom stereocenters. The third kappa shape index (κ3) is 3.24. The van der Waals surface area contributed by atoms with Crippen molar-refractivity contribution in [3.63, 3.8) is 0 Å². The highest BCUT2D eigenvalue weighted by Crippen LogP contribution is 2.26. The molecular weight excluding hydrogens is 260 g/mol. The molecule has 21 heavy (non-hydrogen) atoms. The van der Waals surface area contributed by atoms with Crippen LogP contribution in [0.25, 0.3) is 10.8 Å². The fourth-order valence-corrected chi connectivity index (χ4v) is 3.27. The van der Waals surface area contributed by atoms with Gasteiger partial charge in [-0.2, -0.15) is 0 Å². The van der Waals surface area contributed by atoms with Crippen molar-refractivity contribution in [3.05, 3.63) is 48.0 Å². The van der Waals surface area contributed by atoms with Crippen LogP contribution in [0.15, 0.2) is 42.5 Å². The Morgan fingerprint density at radius 1 is 1.14 bits per heavy atom. The van der Waals surface area contributed by atoms with E-state index >= 15 is 0 Å². The Hall–Kier alpha value is -1.87. The van der Waals surface area contributed by atoms with Gasteiger partial charge in [0.25, 0.3) is 0 Å². The van der Waals surface area contributed by atoms with Gasteiger partial charge in [-0.1, -0.05) is 48.9 Å². The number of carbonyl (C=O) groups is 1. The largest absolute Gasteiger partial charge is 0.352 e. The molecule has 3 rings (SSSR count). The second-order valence-electron chi connectivity index (χ2n) is 5.97. The van der Waals surface area contributed by atoms with E-state index in [0.29, 0.717) is 18.9 Å². The van der Waals surface area contributed by atoms with E-state index in [1.165, 1.54) is 10.8 Å². The van der Waals surface area contributed by atoms with E-state index in [1.807, 2.05) is 18.2 Å². The van der Waals surface area contributed by atoms with Gasteiger partial charge in [-0.05, 0) is 35.1 Å². The number of benzene rings is 2. The van der Waals surface area contributed by atoms with Crippen molar-refractivity contribution < 1.29 is 4.79 Å². The number of fused-ring (bicyclic) bond motifs is 1. The molecule has 1 aliphatic rings. The van der Waals surface area contributed by atoms with E-state index < -0.39 is 0 Å². The highest BCUT2D eigenvalue weighted by molar-refractivity contribution is 5.86. The van der Waals surface area contributed by atoms with Gasteiger partial charge in [0.05, 0.1) is 0 Å². The van der Waals surface area contributed by atoms with Crippen LogP contribution in [0.2, 0.25) is 0 Å². The third-order valence-electron chi connectivity index (χ3n) is 4.52. The predicted molar refractivity (Wildman–Crippen MR) is 85.7 cm³/mol. The molecule has 0 aliphatic heterocycles. The van der Waals surface area contributed by atoms with Crippen LogP contribution >= 0.6 is 0 Å². The molecule has 3 heteroatoms. The Morgan fingerprint density at radius 3 is 2.76 bits per heavy atom. The summed E-state index contributed by atoms with van der Waals surface area (Å²) >= 11 is 0. The zero-order chi connectivity index (χ0) is 14.7. The van der Waals surface area contributed by atoms with Crippen LogP contribution in [0.3, 0.4) is 0 Å².